The van der Waals surface area contributed by atoms with Crippen molar-refractivity contribution >= 4 is 17.7 Å². The number of carbonyl (C=O) groups is 1. The lowest BCUT2D eigenvalue weighted by atomic mass is 10.0. The number of amides is 1. The molecule has 0 radical (unpaired) electrons. The first-order valence-electron chi connectivity index (χ1n) is 6.71. The van der Waals surface area contributed by atoms with Crippen LogP contribution in [-0.2, 0) is 0 Å². The number of nitrogens with one attached hydrogen (secondary N) is 1. The van der Waals surface area contributed by atoms with Gasteiger partial charge in [-0.1, -0.05) is 30.4 Å². The predicted molar refractivity (Wildman–Crippen MR) is 87.0 cm³/mol. The predicted octanol–water partition coefficient (Wildman–Crippen LogP) is 2.18. The molecule has 0 saturated heterocycles. The van der Waals surface area contributed by atoms with Crippen LogP contribution in [0.25, 0.3) is 0 Å². The highest BCUT2D eigenvalue weighted by molar-refractivity contribution is 7.98. The zero-order valence-corrected chi connectivity index (χ0v) is 13.1. The molecule has 108 valence electrons. The lowest BCUT2D eigenvalue weighted by Gasteiger charge is -2.16. The van der Waals surface area contributed by atoms with Gasteiger partial charge < -0.3 is 11.1 Å². The van der Waals surface area contributed by atoms with E-state index in [1.807, 2.05) is 31.4 Å². The minimum atomic E-state index is -0.0593. The summed E-state index contributed by atoms with van der Waals surface area (Å²) in [7, 11) is 0. The third-order valence-electron chi connectivity index (χ3n) is 2.94. The van der Waals surface area contributed by atoms with E-state index in [4.69, 9.17) is 5.73 Å². The van der Waals surface area contributed by atoms with E-state index < -0.39 is 0 Å². The lowest BCUT2D eigenvalue weighted by Crippen LogP contribution is -2.36. The van der Waals surface area contributed by atoms with Crippen molar-refractivity contribution in [3.05, 3.63) is 34.9 Å². The average molecular weight is 290 g/mol. The van der Waals surface area contributed by atoms with Crippen molar-refractivity contribution in [2.75, 3.05) is 18.6 Å². The number of hydrogen-bond acceptors (Lipinski definition) is 3. The van der Waals surface area contributed by atoms with Crippen LogP contribution in [0.4, 0.5) is 0 Å². The van der Waals surface area contributed by atoms with Gasteiger partial charge in [0.2, 0.25) is 0 Å². The summed E-state index contributed by atoms with van der Waals surface area (Å²) in [6.07, 6.45) is 2.96. The Morgan fingerprint density at radius 2 is 2.25 bits per heavy atom. The van der Waals surface area contributed by atoms with Crippen LogP contribution in [0.2, 0.25) is 0 Å². The van der Waals surface area contributed by atoms with Gasteiger partial charge in [0.25, 0.3) is 5.91 Å². The van der Waals surface area contributed by atoms with Gasteiger partial charge in [0.15, 0.2) is 0 Å². The second kappa shape index (κ2) is 8.68. The standard InChI is InChI=1S/C16H22N2OS/c1-4-14(11-20-3)18-16(19)15-10-12(2)7-8-13(15)6-5-9-17/h7-8,10,14H,4,9,11,17H2,1-3H3,(H,18,19). The lowest BCUT2D eigenvalue weighted by molar-refractivity contribution is 0.0939. The van der Waals surface area contributed by atoms with Crippen molar-refractivity contribution < 1.29 is 4.79 Å². The fourth-order valence-corrected chi connectivity index (χ4v) is 2.55. The third-order valence-corrected chi connectivity index (χ3v) is 3.68. The Morgan fingerprint density at radius 1 is 1.50 bits per heavy atom. The van der Waals surface area contributed by atoms with Crippen LogP contribution >= 0.6 is 11.8 Å². The summed E-state index contributed by atoms with van der Waals surface area (Å²) in [5.41, 5.74) is 7.81. The highest BCUT2D eigenvalue weighted by atomic mass is 32.2. The maximum absolute atomic E-state index is 12.4. The van der Waals surface area contributed by atoms with Gasteiger partial charge in [0, 0.05) is 17.4 Å². The van der Waals surface area contributed by atoms with Crippen molar-refractivity contribution in [3.8, 4) is 11.8 Å². The summed E-state index contributed by atoms with van der Waals surface area (Å²) in [5.74, 6) is 6.62. The number of thioether (sulfide) groups is 1. The number of benzene rings is 1. The Hall–Kier alpha value is -1.44. The molecular weight excluding hydrogens is 268 g/mol. The first kappa shape index (κ1) is 16.6. The van der Waals surface area contributed by atoms with E-state index in [9.17, 15) is 4.79 Å². The monoisotopic (exact) mass is 290 g/mol. The molecule has 1 aromatic carbocycles. The normalized spacial score (nSPS) is 11.4. The molecule has 20 heavy (non-hydrogen) atoms. The first-order chi connectivity index (χ1) is 9.62. The molecule has 1 aromatic rings. The first-order valence-corrected chi connectivity index (χ1v) is 8.11. The number of aryl methyl sites for hydroxylation is 1. The Bertz CT molecular complexity index is 517. The van der Waals surface area contributed by atoms with E-state index in [-0.39, 0.29) is 11.9 Å². The molecule has 0 fully saturated rings. The van der Waals surface area contributed by atoms with Crippen LogP contribution in [0.15, 0.2) is 18.2 Å². The molecule has 0 spiro atoms. The molecule has 0 saturated carbocycles. The number of nitrogens with two attached hydrogens (primary N) is 1. The van der Waals surface area contributed by atoms with E-state index in [1.54, 1.807) is 11.8 Å². The van der Waals surface area contributed by atoms with Crippen molar-refractivity contribution in [1.82, 2.24) is 5.32 Å². The van der Waals surface area contributed by atoms with E-state index in [1.165, 1.54) is 0 Å². The van der Waals surface area contributed by atoms with Gasteiger partial charge in [-0.25, -0.2) is 0 Å². The number of carbonyl (C=O) groups excluding carboxylic acids is 1. The largest absolute Gasteiger partial charge is 0.348 e. The molecule has 0 aliphatic carbocycles. The van der Waals surface area contributed by atoms with Crippen molar-refractivity contribution in [1.29, 1.82) is 0 Å². The molecule has 1 unspecified atom stereocenters. The van der Waals surface area contributed by atoms with E-state index >= 15 is 0 Å². The highest BCUT2D eigenvalue weighted by Gasteiger charge is 2.14. The summed E-state index contributed by atoms with van der Waals surface area (Å²) in [6.45, 7) is 4.33. The molecule has 4 heteroatoms. The summed E-state index contributed by atoms with van der Waals surface area (Å²) >= 11 is 1.73. The highest BCUT2D eigenvalue weighted by Crippen LogP contribution is 2.12. The van der Waals surface area contributed by atoms with E-state index in [2.05, 4.69) is 24.1 Å². The number of hydrogen-bond donors (Lipinski definition) is 2. The number of rotatable bonds is 5. The van der Waals surface area contributed by atoms with Crippen LogP contribution in [0, 0.1) is 18.8 Å². The quantitative estimate of drug-likeness (QED) is 0.817. The topological polar surface area (TPSA) is 55.1 Å². The second-order valence-electron chi connectivity index (χ2n) is 4.59. The third kappa shape index (κ3) is 4.92. The van der Waals surface area contributed by atoms with Crippen LogP contribution in [0.3, 0.4) is 0 Å². The summed E-state index contributed by atoms with van der Waals surface area (Å²) in [5, 5.41) is 3.07. The van der Waals surface area contributed by atoms with Gasteiger partial charge in [0.05, 0.1) is 12.1 Å². The molecule has 0 aliphatic rings. The zero-order chi connectivity index (χ0) is 15.0. The molecule has 0 bridgehead atoms. The summed E-state index contributed by atoms with van der Waals surface area (Å²) in [6, 6.07) is 5.90. The molecule has 1 rings (SSSR count). The Balaban J connectivity index is 2.98. The second-order valence-corrected chi connectivity index (χ2v) is 5.50. The minimum absolute atomic E-state index is 0.0593. The molecule has 3 nitrogen and oxygen atoms in total. The minimum Gasteiger partial charge on any atom is -0.348 e. The Morgan fingerprint density at radius 3 is 2.85 bits per heavy atom. The van der Waals surface area contributed by atoms with E-state index in [0.29, 0.717) is 12.1 Å². The zero-order valence-electron chi connectivity index (χ0n) is 12.3. The maximum atomic E-state index is 12.4. The van der Waals surface area contributed by atoms with Crippen molar-refractivity contribution in [3.63, 3.8) is 0 Å². The molecule has 0 aromatic heterocycles. The van der Waals surface area contributed by atoms with Gasteiger partial charge in [-0.2, -0.15) is 11.8 Å². The Labute approximate surface area is 125 Å². The van der Waals surface area contributed by atoms with Gasteiger partial charge in [-0.3, -0.25) is 4.79 Å². The maximum Gasteiger partial charge on any atom is 0.252 e. The van der Waals surface area contributed by atoms with Gasteiger partial charge in [-0.05, 0) is 31.7 Å². The molecule has 1 atom stereocenters. The fourth-order valence-electron chi connectivity index (χ4n) is 1.83. The van der Waals surface area contributed by atoms with E-state index in [0.717, 1.165) is 23.3 Å². The van der Waals surface area contributed by atoms with Crippen LogP contribution in [0.5, 0.6) is 0 Å². The molecule has 1 amide bonds. The summed E-state index contributed by atoms with van der Waals surface area (Å²) in [4.78, 5) is 12.4. The van der Waals surface area contributed by atoms with Gasteiger partial charge in [-0.15, -0.1) is 0 Å². The summed E-state index contributed by atoms with van der Waals surface area (Å²) < 4.78 is 0. The molecule has 0 heterocycles. The molecule has 0 aliphatic heterocycles. The van der Waals surface area contributed by atoms with Crippen molar-refractivity contribution in [2.45, 2.75) is 26.3 Å². The smallest absolute Gasteiger partial charge is 0.252 e. The fraction of sp³-hybridized carbons (Fsp3) is 0.438. The average Bonchev–Trinajstić information content (AvgIpc) is 2.45. The SMILES string of the molecule is CCC(CSC)NC(=O)c1cc(C)ccc1C#CCN. The van der Waals surface area contributed by atoms with Crippen LogP contribution in [0.1, 0.15) is 34.8 Å². The van der Waals surface area contributed by atoms with Crippen LogP contribution < -0.4 is 11.1 Å². The molecular formula is C16H22N2OS. The van der Waals surface area contributed by atoms with Gasteiger partial charge in [0.1, 0.15) is 0 Å². The molecule has 3 N–H and O–H groups in total. The van der Waals surface area contributed by atoms with Gasteiger partial charge >= 0.3 is 0 Å². The van der Waals surface area contributed by atoms with Crippen LogP contribution in [-0.4, -0.2) is 30.5 Å². The Kier molecular flexibility index (Phi) is 7.21. The van der Waals surface area contributed by atoms with Crippen molar-refractivity contribution in [2.24, 2.45) is 5.73 Å².